The third-order valence-electron chi connectivity index (χ3n) is 3.97. The second kappa shape index (κ2) is 8.53. The zero-order valence-corrected chi connectivity index (χ0v) is 14.4. The summed E-state index contributed by atoms with van der Waals surface area (Å²) in [4.78, 5) is 22.2. The lowest BCUT2D eigenvalue weighted by Gasteiger charge is -2.05. The molecule has 0 bridgehead atoms. The Balaban J connectivity index is 1.54. The molecule has 0 aliphatic carbocycles. The molecular weight excluding hydrogens is 342 g/mol. The molecule has 0 aliphatic heterocycles. The van der Waals surface area contributed by atoms with Crippen LogP contribution in [0.2, 0.25) is 0 Å². The van der Waals surface area contributed by atoms with Crippen molar-refractivity contribution in [3.8, 4) is 0 Å². The zero-order valence-electron chi connectivity index (χ0n) is 14.4. The summed E-state index contributed by atoms with van der Waals surface area (Å²) in [6.07, 6.45) is 5.09. The number of allylic oxidation sites excluding steroid dienone is 1. The number of rotatable bonds is 6. The molecule has 1 N–H and O–H groups in total. The van der Waals surface area contributed by atoms with Gasteiger partial charge in [0, 0.05) is 18.3 Å². The van der Waals surface area contributed by atoms with Gasteiger partial charge < -0.3 is 0 Å². The molecule has 3 rings (SSSR count). The van der Waals surface area contributed by atoms with Crippen LogP contribution in [0.1, 0.15) is 11.1 Å². The van der Waals surface area contributed by atoms with Gasteiger partial charge in [-0.05, 0) is 40.1 Å². The van der Waals surface area contributed by atoms with Crippen molar-refractivity contribution < 1.29 is 9.72 Å². The molecule has 0 aromatic heterocycles. The van der Waals surface area contributed by atoms with Crippen LogP contribution in [-0.2, 0) is 11.2 Å². The first-order valence-electron chi connectivity index (χ1n) is 8.33. The summed E-state index contributed by atoms with van der Waals surface area (Å²) in [5, 5.41) is 16.6. The molecule has 134 valence electrons. The van der Waals surface area contributed by atoms with Crippen LogP contribution in [-0.4, -0.2) is 17.0 Å². The van der Waals surface area contributed by atoms with E-state index in [1.165, 1.54) is 18.3 Å². The fourth-order valence-electron chi connectivity index (χ4n) is 2.67. The van der Waals surface area contributed by atoms with Gasteiger partial charge >= 0.3 is 0 Å². The quantitative estimate of drug-likeness (QED) is 0.408. The van der Waals surface area contributed by atoms with E-state index in [1.807, 2.05) is 42.5 Å². The molecule has 6 nitrogen and oxygen atoms in total. The standard InChI is InChI=1S/C21H17N3O3/c25-21(15-18-8-3-7-17-6-1-2-9-20(17)18)23-22-14-4-5-16-10-12-19(13-11-16)24(26)27/h1-14H,15H2,(H,23,25). The Morgan fingerprint density at radius 2 is 1.78 bits per heavy atom. The highest BCUT2D eigenvalue weighted by Crippen LogP contribution is 2.18. The topological polar surface area (TPSA) is 84.6 Å². The molecule has 6 heteroatoms. The molecular formula is C21H17N3O3. The van der Waals surface area contributed by atoms with Crippen molar-refractivity contribution in [1.82, 2.24) is 5.43 Å². The van der Waals surface area contributed by atoms with Crippen LogP contribution in [0.4, 0.5) is 5.69 Å². The third kappa shape index (κ3) is 4.85. The fraction of sp³-hybridized carbons (Fsp3) is 0.0476. The number of carbonyl (C=O) groups is 1. The molecule has 0 heterocycles. The molecule has 0 saturated carbocycles. The molecule has 0 aliphatic rings. The van der Waals surface area contributed by atoms with Crippen molar-refractivity contribution in [1.29, 1.82) is 0 Å². The molecule has 3 aromatic rings. The van der Waals surface area contributed by atoms with Gasteiger partial charge in [-0.2, -0.15) is 5.10 Å². The number of carbonyl (C=O) groups excluding carboxylic acids is 1. The average molecular weight is 359 g/mol. The van der Waals surface area contributed by atoms with Crippen LogP contribution >= 0.6 is 0 Å². The summed E-state index contributed by atoms with van der Waals surface area (Å²) in [6, 6.07) is 19.9. The van der Waals surface area contributed by atoms with Gasteiger partial charge in [0.05, 0.1) is 11.3 Å². The van der Waals surface area contributed by atoms with Crippen molar-refractivity contribution in [2.24, 2.45) is 5.10 Å². The van der Waals surface area contributed by atoms with E-state index in [9.17, 15) is 14.9 Å². The van der Waals surface area contributed by atoms with Gasteiger partial charge in [0.1, 0.15) is 0 Å². The van der Waals surface area contributed by atoms with E-state index < -0.39 is 4.92 Å². The monoisotopic (exact) mass is 359 g/mol. The molecule has 0 unspecified atom stereocenters. The van der Waals surface area contributed by atoms with Crippen molar-refractivity contribution in [2.75, 3.05) is 0 Å². The lowest BCUT2D eigenvalue weighted by Crippen LogP contribution is -2.19. The summed E-state index contributed by atoms with van der Waals surface area (Å²) in [7, 11) is 0. The van der Waals surface area contributed by atoms with Crippen LogP contribution in [0.25, 0.3) is 16.8 Å². The van der Waals surface area contributed by atoms with Crippen LogP contribution in [0.15, 0.2) is 77.9 Å². The highest BCUT2D eigenvalue weighted by molar-refractivity contribution is 5.90. The second-order valence-corrected chi connectivity index (χ2v) is 5.84. The van der Waals surface area contributed by atoms with E-state index in [2.05, 4.69) is 10.5 Å². The first kappa shape index (κ1) is 18.0. The SMILES string of the molecule is O=C(Cc1cccc2ccccc12)NN=CC=Cc1ccc([N+](=O)[O-])cc1. The first-order valence-corrected chi connectivity index (χ1v) is 8.33. The van der Waals surface area contributed by atoms with Crippen LogP contribution in [0, 0.1) is 10.1 Å². The number of benzene rings is 3. The minimum absolute atomic E-state index is 0.0431. The van der Waals surface area contributed by atoms with E-state index in [0.29, 0.717) is 0 Å². The molecule has 3 aromatic carbocycles. The number of hydrogen-bond acceptors (Lipinski definition) is 4. The van der Waals surface area contributed by atoms with Crippen molar-refractivity contribution in [3.05, 3.63) is 94.0 Å². The third-order valence-corrected chi connectivity index (χ3v) is 3.97. The predicted octanol–water partition coefficient (Wildman–Crippen LogP) is 4.11. The Morgan fingerprint density at radius 1 is 1.04 bits per heavy atom. The summed E-state index contributed by atoms with van der Waals surface area (Å²) in [6.45, 7) is 0. The molecule has 0 atom stereocenters. The highest BCUT2D eigenvalue weighted by Gasteiger charge is 2.05. The Morgan fingerprint density at radius 3 is 2.56 bits per heavy atom. The van der Waals surface area contributed by atoms with Gasteiger partial charge in [-0.15, -0.1) is 0 Å². The minimum atomic E-state index is -0.444. The summed E-state index contributed by atoms with van der Waals surface area (Å²) in [5.41, 5.74) is 4.29. The van der Waals surface area contributed by atoms with E-state index in [1.54, 1.807) is 24.3 Å². The highest BCUT2D eigenvalue weighted by atomic mass is 16.6. The van der Waals surface area contributed by atoms with Crippen LogP contribution in [0.3, 0.4) is 0 Å². The zero-order chi connectivity index (χ0) is 19.1. The molecule has 0 spiro atoms. The molecule has 0 fully saturated rings. The van der Waals surface area contributed by atoms with E-state index in [4.69, 9.17) is 0 Å². The summed E-state index contributed by atoms with van der Waals surface area (Å²) >= 11 is 0. The number of nitro benzene ring substituents is 1. The molecule has 27 heavy (non-hydrogen) atoms. The number of hydrogen-bond donors (Lipinski definition) is 1. The van der Waals surface area contributed by atoms with Crippen molar-refractivity contribution in [2.45, 2.75) is 6.42 Å². The lowest BCUT2D eigenvalue weighted by molar-refractivity contribution is -0.384. The maximum Gasteiger partial charge on any atom is 0.269 e. The number of nitrogens with one attached hydrogen (secondary N) is 1. The Labute approximate surface area is 156 Å². The predicted molar refractivity (Wildman–Crippen MR) is 106 cm³/mol. The molecule has 0 radical (unpaired) electrons. The fourth-order valence-corrected chi connectivity index (χ4v) is 2.67. The van der Waals surface area contributed by atoms with Crippen LogP contribution in [0.5, 0.6) is 0 Å². The van der Waals surface area contributed by atoms with Crippen LogP contribution < -0.4 is 5.43 Å². The number of fused-ring (bicyclic) bond motifs is 1. The largest absolute Gasteiger partial charge is 0.273 e. The first-order chi connectivity index (χ1) is 13.1. The Bertz CT molecular complexity index is 1020. The summed E-state index contributed by atoms with van der Waals surface area (Å²) < 4.78 is 0. The van der Waals surface area contributed by atoms with Gasteiger partial charge in [-0.25, -0.2) is 5.43 Å². The number of non-ortho nitro benzene ring substituents is 1. The number of nitrogens with zero attached hydrogens (tertiary/aromatic N) is 2. The van der Waals surface area contributed by atoms with Gasteiger partial charge in [0.25, 0.3) is 5.69 Å². The molecule has 1 amide bonds. The van der Waals surface area contributed by atoms with E-state index in [0.717, 1.165) is 21.9 Å². The number of hydrazone groups is 1. The van der Waals surface area contributed by atoms with Gasteiger partial charge in [-0.1, -0.05) is 48.5 Å². The second-order valence-electron chi connectivity index (χ2n) is 5.84. The van der Waals surface area contributed by atoms with Gasteiger partial charge in [0.15, 0.2) is 0 Å². The van der Waals surface area contributed by atoms with Gasteiger partial charge in [-0.3, -0.25) is 14.9 Å². The normalized spacial score (nSPS) is 11.3. The number of nitro groups is 1. The van der Waals surface area contributed by atoms with Crippen molar-refractivity contribution >= 4 is 34.7 Å². The van der Waals surface area contributed by atoms with Crippen molar-refractivity contribution in [3.63, 3.8) is 0 Å². The molecule has 0 saturated heterocycles. The smallest absolute Gasteiger partial charge is 0.269 e. The Kier molecular flexibility index (Phi) is 5.69. The average Bonchev–Trinajstić information content (AvgIpc) is 2.68. The maximum atomic E-state index is 12.1. The van der Waals surface area contributed by atoms with E-state index >= 15 is 0 Å². The maximum absolute atomic E-state index is 12.1. The van der Waals surface area contributed by atoms with E-state index in [-0.39, 0.29) is 18.0 Å². The number of amides is 1. The summed E-state index contributed by atoms with van der Waals surface area (Å²) in [5.74, 6) is -0.202. The van der Waals surface area contributed by atoms with Gasteiger partial charge in [0.2, 0.25) is 5.91 Å². The lowest BCUT2D eigenvalue weighted by atomic mass is 10.0. The minimum Gasteiger partial charge on any atom is -0.273 e. The Hall–Kier alpha value is -3.80.